The summed E-state index contributed by atoms with van der Waals surface area (Å²) < 4.78 is 13.9. The van der Waals surface area contributed by atoms with Crippen molar-refractivity contribution in [1.29, 1.82) is 0 Å². The first-order chi connectivity index (χ1) is 8.82. The maximum atomic E-state index is 6.09. The number of hydrogen-bond acceptors (Lipinski definition) is 4. The molecule has 1 aliphatic heterocycles. The van der Waals surface area contributed by atoms with Crippen LogP contribution in [0.1, 0.15) is 27.7 Å². The van der Waals surface area contributed by atoms with Gasteiger partial charge in [-0.2, -0.15) is 0 Å². The van der Waals surface area contributed by atoms with Crippen molar-refractivity contribution in [2.45, 2.75) is 38.9 Å². The van der Waals surface area contributed by atoms with E-state index in [1.807, 2.05) is 25.2 Å². The van der Waals surface area contributed by atoms with E-state index in [2.05, 4.69) is 38.0 Å². The monoisotopic (exact) mass is 259 g/mol. The number of aryl methyl sites for hydroxylation is 1. The predicted octanol–water partition coefficient (Wildman–Crippen LogP) is 1.27. The summed E-state index contributed by atoms with van der Waals surface area (Å²) in [4.78, 5) is 0. The zero-order valence-electron chi connectivity index (χ0n) is 12.0. The molecule has 0 aliphatic carbocycles. The van der Waals surface area contributed by atoms with E-state index in [1.165, 1.54) is 0 Å². The van der Waals surface area contributed by atoms with Crippen LogP contribution >= 0.6 is 0 Å². The van der Waals surface area contributed by atoms with Gasteiger partial charge in [0, 0.05) is 12.5 Å². The second-order valence-electron chi connectivity index (χ2n) is 6.02. The highest BCUT2D eigenvalue weighted by Gasteiger charge is 2.52. The third-order valence-corrected chi connectivity index (χ3v) is 4.16. The average Bonchev–Trinajstić information content (AvgIpc) is 2.78. The van der Waals surface area contributed by atoms with Gasteiger partial charge in [0.25, 0.3) is 0 Å². The fourth-order valence-electron chi connectivity index (χ4n) is 2.30. The lowest BCUT2D eigenvalue weighted by Gasteiger charge is -2.32. The molecule has 0 atom stereocenters. The molecular formula is C13H18BN3O2. The number of nitrogens with zero attached hydrogens (tertiary/aromatic N) is 3. The molecular weight excluding hydrogens is 241 g/mol. The first kappa shape index (κ1) is 12.6. The molecule has 100 valence electrons. The van der Waals surface area contributed by atoms with Gasteiger partial charge in [0.2, 0.25) is 0 Å². The molecule has 2 heterocycles. The molecule has 19 heavy (non-hydrogen) atoms. The zero-order valence-corrected chi connectivity index (χ0v) is 12.0. The summed E-state index contributed by atoms with van der Waals surface area (Å²) >= 11 is 0. The van der Waals surface area contributed by atoms with E-state index in [0.29, 0.717) is 0 Å². The van der Waals surface area contributed by atoms with Crippen LogP contribution in [0.2, 0.25) is 0 Å². The first-order valence-electron chi connectivity index (χ1n) is 6.46. The molecule has 2 aromatic rings. The summed E-state index contributed by atoms with van der Waals surface area (Å²) in [6.07, 6.45) is 0. The highest BCUT2D eigenvalue weighted by molar-refractivity contribution is 6.64. The molecule has 0 bridgehead atoms. The Morgan fingerprint density at radius 2 is 1.74 bits per heavy atom. The van der Waals surface area contributed by atoms with Crippen molar-refractivity contribution in [2.75, 3.05) is 0 Å². The van der Waals surface area contributed by atoms with Gasteiger partial charge in [0.05, 0.1) is 16.7 Å². The Bertz CT molecular complexity index is 620. The van der Waals surface area contributed by atoms with Crippen molar-refractivity contribution >= 4 is 23.6 Å². The zero-order chi connectivity index (χ0) is 13.8. The largest absolute Gasteiger partial charge is 0.497 e. The van der Waals surface area contributed by atoms with Crippen molar-refractivity contribution < 1.29 is 9.31 Å². The number of hydrogen-bond donors (Lipinski definition) is 0. The normalized spacial score (nSPS) is 21.2. The second kappa shape index (κ2) is 3.80. The molecule has 3 rings (SSSR count). The molecule has 0 radical (unpaired) electrons. The van der Waals surface area contributed by atoms with Crippen LogP contribution < -0.4 is 5.46 Å². The van der Waals surface area contributed by atoms with E-state index >= 15 is 0 Å². The number of fused-ring (bicyclic) bond motifs is 1. The Hall–Kier alpha value is -1.40. The summed E-state index contributed by atoms with van der Waals surface area (Å²) in [6.45, 7) is 8.20. The Balaban J connectivity index is 2.10. The molecule has 0 saturated carbocycles. The SMILES string of the molecule is Cn1nnc2cccc(B3OC(C)(C)C(C)(C)O3)c21. The molecule has 5 nitrogen and oxygen atoms in total. The van der Waals surface area contributed by atoms with Crippen molar-refractivity contribution in [2.24, 2.45) is 7.05 Å². The minimum atomic E-state index is -0.383. The van der Waals surface area contributed by atoms with E-state index in [9.17, 15) is 0 Å². The first-order valence-corrected chi connectivity index (χ1v) is 6.46. The molecule has 1 aliphatic rings. The van der Waals surface area contributed by atoms with Gasteiger partial charge in [-0.1, -0.05) is 17.3 Å². The summed E-state index contributed by atoms with van der Waals surface area (Å²) in [6, 6.07) is 5.91. The average molecular weight is 259 g/mol. The molecule has 1 fully saturated rings. The fraction of sp³-hybridized carbons (Fsp3) is 0.538. The highest BCUT2D eigenvalue weighted by Crippen LogP contribution is 2.36. The van der Waals surface area contributed by atoms with Gasteiger partial charge in [-0.05, 0) is 33.8 Å². The summed E-state index contributed by atoms with van der Waals surface area (Å²) in [5.41, 5.74) is 2.11. The van der Waals surface area contributed by atoms with Crippen LogP contribution in [0.5, 0.6) is 0 Å². The van der Waals surface area contributed by atoms with Crippen molar-refractivity contribution in [3.05, 3.63) is 18.2 Å². The molecule has 1 aromatic carbocycles. The van der Waals surface area contributed by atoms with Gasteiger partial charge in [0.15, 0.2) is 0 Å². The van der Waals surface area contributed by atoms with Gasteiger partial charge in [-0.3, -0.25) is 0 Å². The molecule has 0 spiro atoms. The standard InChI is InChI=1S/C13H18BN3O2/c1-12(2)13(3,4)19-14(18-12)9-7-6-8-10-11(9)17(5)16-15-10/h6-8H,1-5H3. The Kier molecular flexibility index (Phi) is 2.53. The number of rotatable bonds is 1. The maximum Gasteiger partial charge on any atom is 0.497 e. The topological polar surface area (TPSA) is 49.2 Å². The summed E-state index contributed by atoms with van der Waals surface area (Å²) in [5.74, 6) is 0. The van der Waals surface area contributed by atoms with Crippen molar-refractivity contribution in [3.63, 3.8) is 0 Å². The Morgan fingerprint density at radius 3 is 2.37 bits per heavy atom. The number of benzene rings is 1. The molecule has 1 aromatic heterocycles. The lowest BCUT2D eigenvalue weighted by molar-refractivity contribution is 0.00578. The molecule has 0 amide bonds. The Morgan fingerprint density at radius 1 is 1.11 bits per heavy atom. The van der Waals surface area contributed by atoms with Crippen LogP contribution in [0.25, 0.3) is 11.0 Å². The Labute approximate surface area is 113 Å². The highest BCUT2D eigenvalue weighted by atomic mass is 16.7. The lowest BCUT2D eigenvalue weighted by Crippen LogP contribution is -2.41. The fourth-order valence-corrected chi connectivity index (χ4v) is 2.30. The van der Waals surface area contributed by atoms with E-state index in [1.54, 1.807) is 4.68 Å². The van der Waals surface area contributed by atoms with Gasteiger partial charge < -0.3 is 9.31 Å². The second-order valence-corrected chi connectivity index (χ2v) is 6.02. The van der Waals surface area contributed by atoms with Gasteiger partial charge in [0.1, 0.15) is 5.52 Å². The predicted molar refractivity (Wildman–Crippen MR) is 74.2 cm³/mol. The van der Waals surface area contributed by atoms with Crippen molar-refractivity contribution in [3.8, 4) is 0 Å². The quantitative estimate of drug-likeness (QED) is 0.723. The molecule has 0 N–H and O–H groups in total. The van der Waals surface area contributed by atoms with Gasteiger partial charge >= 0.3 is 7.12 Å². The third kappa shape index (κ3) is 1.78. The molecule has 0 unspecified atom stereocenters. The van der Waals surface area contributed by atoms with E-state index in [-0.39, 0.29) is 18.3 Å². The summed E-state index contributed by atoms with van der Waals surface area (Å²) in [7, 11) is 1.50. The van der Waals surface area contributed by atoms with Crippen LogP contribution in [-0.4, -0.2) is 33.3 Å². The lowest BCUT2D eigenvalue weighted by atomic mass is 9.78. The maximum absolute atomic E-state index is 6.09. The third-order valence-electron chi connectivity index (χ3n) is 4.16. The van der Waals surface area contributed by atoms with Crippen LogP contribution in [0, 0.1) is 0 Å². The van der Waals surface area contributed by atoms with Crippen LogP contribution in [-0.2, 0) is 16.4 Å². The van der Waals surface area contributed by atoms with Crippen molar-refractivity contribution in [1.82, 2.24) is 15.0 Å². The van der Waals surface area contributed by atoms with Gasteiger partial charge in [-0.25, -0.2) is 4.68 Å². The van der Waals surface area contributed by atoms with Gasteiger partial charge in [-0.15, -0.1) is 5.10 Å². The minimum Gasteiger partial charge on any atom is -0.399 e. The molecule has 6 heteroatoms. The number of aromatic nitrogens is 3. The minimum absolute atomic E-state index is 0.341. The van der Waals surface area contributed by atoms with Crippen LogP contribution in [0.15, 0.2) is 18.2 Å². The van der Waals surface area contributed by atoms with Crippen LogP contribution in [0.3, 0.4) is 0 Å². The smallest absolute Gasteiger partial charge is 0.399 e. The van der Waals surface area contributed by atoms with E-state index in [4.69, 9.17) is 9.31 Å². The van der Waals surface area contributed by atoms with E-state index < -0.39 is 0 Å². The summed E-state index contributed by atoms with van der Waals surface area (Å²) in [5, 5.41) is 8.18. The number of para-hydroxylation sites is 1. The van der Waals surface area contributed by atoms with E-state index in [0.717, 1.165) is 16.5 Å². The molecule has 1 saturated heterocycles. The van der Waals surface area contributed by atoms with Crippen LogP contribution in [0.4, 0.5) is 0 Å².